The number of rotatable bonds is 8. The van der Waals surface area contributed by atoms with E-state index in [2.05, 4.69) is 120 Å². The van der Waals surface area contributed by atoms with Gasteiger partial charge in [-0.2, -0.15) is 0 Å². The average Bonchev–Trinajstić information content (AvgIpc) is 3.62. The summed E-state index contributed by atoms with van der Waals surface area (Å²) in [5.74, 6) is 5.11. The van der Waals surface area contributed by atoms with Crippen molar-refractivity contribution in [3.8, 4) is 46.0 Å². The third-order valence-corrected chi connectivity index (χ3v) is 15.4. The van der Waals surface area contributed by atoms with Gasteiger partial charge in [0.1, 0.15) is 68.2 Å². The predicted molar refractivity (Wildman–Crippen MR) is 284 cm³/mol. The Bertz CT molecular complexity index is 3320. The molecular formula is C60H56N4O16S2. The quantitative estimate of drug-likeness (QED) is 0.0934. The van der Waals surface area contributed by atoms with Crippen LogP contribution in [0.25, 0.3) is 0 Å². The molecule has 4 aliphatic heterocycles. The van der Waals surface area contributed by atoms with E-state index in [0.717, 1.165) is 113 Å². The van der Waals surface area contributed by atoms with Crippen LogP contribution in [0.3, 0.4) is 0 Å². The molecule has 8 aromatic rings. The van der Waals surface area contributed by atoms with Crippen LogP contribution in [-0.2, 0) is 47.0 Å². The Morgan fingerprint density at radius 1 is 0.317 bits per heavy atom. The van der Waals surface area contributed by atoms with Gasteiger partial charge in [-0.05, 0) is 24.3 Å². The molecule has 0 radical (unpaired) electrons. The van der Waals surface area contributed by atoms with Crippen LogP contribution in [0.1, 0.15) is 118 Å². The summed E-state index contributed by atoms with van der Waals surface area (Å²) < 4.78 is 132. The van der Waals surface area contributed by atoms with Crippen molar-refractivity contribution in [2.45, 2.75) is 77.5 Å². The summed E-state index contributed by atoms with van der Waals surface area (Å²) in [7, 11) is -10.3. The van der Waals surface area contributed by atoms with Crippen LogP contribution in [0.2, 0.25) is 0 Å². The molecule has 4 aromatic heterocycles. The molecule has 0 unspecified atom stereocenters. The first kappa shape index (κ1) is 55.5. The highest BCUT2D eigenvalue weighted by Gasteiger charge is 2.41. The van der Waals surface area contributed by atoms with E-state index < -0.39 is 20.8 Å². The molecule has 8 heterocycles. The summed E-state index contributed by atoms with van der Waals surface area (Å²) >= 11 is 0. The maximum absolute atomic E-state index is 8.52. The van der Waals surface area contributed by atoms with Crippen LogP contribution >= 0.6 is 0 Å². The second-order valence-corrected chi connectivity index (χ2v) is 21.9. The lowest BCUT2D eigenvalue weighted by Crippen LogP contribution is -2.36. The maximum Gasteiger partial charge on any atom is 0.230 e. The summed E-state index contributed by atoms with van der Waals surface area (Å²) in [5.41, 5.74) is 12.1. The van der Waals surface area contributed by atoms with Crippen LogP contribution < -0.4 is 56.2 Å². The Hall–Kier alpha value is -8.38. The largest absolute Gasteiger partial charge is 0.759 e. The van der Waals surface area contributed by atoms with Gasteiger partial charge < -0.3 is 56.1 Å². The van der Waals surface area contributed by atoms with Gasteiger partial charge in [-0.15, -0.1) is 0 Å². The van der Waals surface area contributed by atoms with Crippen molar-refractivity contribution < 1.29 is 91.2 Å². The second kappa shape index (κ2) is 22.9. The van der Waals surface area contributed by atoms with Crippen molar-refractivity contribution in [2.24, 2.45) is 0 Å². The molecule has 22 heteroatoms. The highest BCUT2D eigenvalue weighted by Crippen LogP contribution is 2.56. The third-order valence-electron chi connectivity index (χ3n) is 15.4. The first-order chi connectivity index (χ1) is 39.4. The lowest BCUT2D eigenvalue weighted by Gasteiger charge is -2.35. The number of hydrogen-bond donors (Lipinski definition) is 0. The molecule has 0 spiro atoms. The minimum Gasteiger partial charge on any atom is -0.759 e. The molecule has 0 N–H and O–H groups in total. The van der Waals surface area contributed by atoms with Crippen LogP contribution in [0.5, 0.6) is 46.0 Å². The number of hydrogen-bond acceptors (Lipinski definition) is 16. The monoisotopic (exact) mass is 1150 g/mol. The lowest BCUT2D eigenvalue weighted by atomic mass is 9.78. The zero-order valence-corrected chi connectivity index (χ0v) is 46.6. The molecule has 424 valence electrons. The van der Waals surface area contributed by atoms with E-state index in [1.807, 2.05) is 72.8 Å². The van der Waals surface area contributed by atoms with E-state index in [-0.39, 0.29) is 50.8 Å². The molecule has 20 nitrogen and oxygen atoms in total. The van der Waals surface area contributed by atoms with Crippen molar-refractivity contribution in [1.29, 1.82) is 0 Å². The van der Waals surface area contributed by atoms with E-state index in [0.29, 0.717) is 26.2 Å². The van der Waals surface area contributed by atoms with Crippen LogP contribution in [-0.4, -0.2) is 62.2 Å². The van der Waals surface area contributed by atoms with Crippen LogP contribution in [0.15, 0.2) is 147 Å². The molecule has 82 heavy (non-hydrogen) atoms. The first-order valence-electron chi connectivity index (χ1n) is 26.3. The summed E-state index contributed by atoms with van der Waals surface area (Å²) in [4.78, 5) is 0. The van der Waals surface area contributed by atoms with Gasteiger partial charge in [0.05, 0.1) is 0 Å². The van der Waals surface area contributed by atoms with Crippen molar-refractivity contribution >= 4 is 20.8 Å². The molecule has 4 aromatic carbocycles. The molecule has 8 bridgehead atoms. The summed E-state index contributed by atoms with van der Waals surface area (Å²) in [5, 5.41) is 0. The smallest absolute Gasteiger partial charge is 0.230 e. The second-order valence-electron chi connectivity index (χ2n) is 20.3. The number of benzene rings is 4. The number of nitrogens with zero attached hydrogens (tertiary/aromatic N) is 4. The summed E-state index contributed by atoms with van der Waals surface area (Å²) in [6, 6.07) is 33.8. The number of ether oxygens (including phenoxy) is 8. The topological polar surface area (TPSA) is 250 Å². The van der Waals surface area contributed by atoms with E-state index in [4.69, 9.17) is 72.9 Å². The highest BCUT2D eigenvalue weighted by molar-refractivity contribution is 7.80. The molecule has 0 saturated carbocycles. The molecular weight excluding hydrogens is 1100 g/mol. The number of pyridine rings is 4. The van der Waals surface area contributed by atoms with Gasteiger partial charge in [-0.3, -0.25) is 16.8 Å². The molecule has 13 rings (SSSR count). The summed E-state index contributed by atoms with van der Waals surface area (Å²) in [6.45, 7) is 10.9. The van der Waals surface area contributed by atoms with Gasteiger partial charge in [0.2, 0.25) is 27.2 Å². The molecule has 5 aliphatic rings. The standard InChI is InChI=1S/C60H56N4O8.2H2O4S/c1-37-41-25-43-38(2)45-27-47-40(4)48-28-46-39(3)44-26-42(37)54-50(30-62-19-11-6-12-20-62)56(44)68-35-70-58(46)52(32-64-23-15-8-16-24-64)60(48)72-36-71-59(47)51(31-63-21-13-7-14-22-63)57(45)69-34-67-55(43)49(53(41)65-33-66-54)29-61-17-9-5-10-18-61;2*1-5(2,3)4/h5-28,37-40H,29-36H2,1-4H3;2*(H2,1,2,3,4)/q+4;;/p-4. The molecule has 0 saturated heterocycles. The van der Waals surface area contributed by atoms with E-state index in [1.165, 1.54) is 0 Å². The Balaban J connectivity index is 0.000000652. The van der Waals surface area contributed by atoms with Gasteiger partial charge >= 0.3 is 0 Å². The highest BCUT2D eigenvalue weighted by atomic mass is 32.3. The van der Waals surface area contributed by atoms with E-state index >= 15 is 0 Å². The molecule has 1 aliphatic carbocycles. The van der Waals surface area contributed by atoms with Gasteiger partial charge in [0.15, 0.2) is 75.8 Å². The maximum atomic E-state index is 8.52. The SMILES string of the molecule is CC1c2cc3c4c(C[n+]5ccccc5)c2OCOc2c1cc1c(c2C[n+]2ccccc2)OCOc2c(cc5c(c2C[n+]2ccccc2)OCOc2c(cc(c(c2C[n+]2ccccc2)OCO4)C3C)C5C)C1C.O=S(=O)([O-])[O-].O=S(=O)([O-])[O-]. The van der Waals surface area contributed by atoms with Crippen molar-refractivity contribution in [3.05, 3.63) is 213 Å². The molecule has 0 atom stereocenters. The fourth-order valence-corrected chi connectivity index (χ4v) is 11.7. The third kappa shape index (κ3) is 11.6. The van der Waals surface area contributed by atoms with Crippen molar-refractivity contribution in [1.82, 2.24) is 0 Å². The van der Waals surface area contributed by atoms with E-state index in [9.17, 15) is 0 Å². The normalized spacial score (nSPS) is 17.8. The van der Waals surface area contributed by atoms with Crippen LogP contribution in [0, 0.1) is 0 Å². The van der Waals surface area contributed by atoms with Crippen molar-refractivity contribution in [3.63, 3.8) is 0 Å². The zero-order valence-electron chi connectivity index (χ0n) is 45.0. The first-order valence-corrected chi connectivity index (χ1v) is 28.9. The molecule has 0 amide bonds. The Kier molecular flexibility index (Phi) is 15.5. The summed E-state index contributed by atoms with van der Waals surface area (Å²) in [6.07, 6.45) is 16.6. The zero-order chi connectivity index (χ0) is 57.5. The van der Waals surface area contributed by atoms with Crippen LogP contribution in [0.4, 0.5) is 0 Å². The lowest BCUT2D eigenvalue weighted by molar-refractivity contribution is -0.688. The predicted octanol–water partition coefficient (Wildman–Crippen LogP) is 6.19. The Morgan fingerprint density at radius 3 is 0.610 bits per heavy atom. The Labute approximate surface area is 474 Å². The minimum atomic E-state index is -5.17. The van der Waals surface area contributed by atoms with Gasteiger partial charge in [-0.1, -0.05) is 52.0 Å². The average molecular weight is 1150 g/mol. The minimum absolute atomic E-state index is 0.0375. The number of aromatic nitrogens is 4. The van der Waals surface area contributed by atoms with Crippen molar-refractivity contribution in [2.75, 3.05) is 27.2 Å². The van der Waals surface area contributed by atoms with Gasteiger partial charge in [-0.25, -0.2) is 18.3 Å². The van der Waals surface area contributed by atoms with Gasteiger partial charge in [0, 0.05) is 138 Å². The fraction of sp³-hybridized carbons (Fsp3) is 0.267. The fourth-order valence-electron chi connectivity index (χ4n) is 11.7. The van der Waals surface area contributed by atoms with E-state index in [1.54, 1.807) is 0 Å². The van der Waals surface area contributed by atoms with Gasteiger partial charge in [0.25, 0.3) is 0 Å². The molecule has 0 fully saturated rings. The Morgan fingerprint density at radius 2 is 0.463 bits per heavy atom.